The lowest BCUT2D eigenvalue weighted by molar-refractivity contribution is -0.0971. The zero-order valence-corrected chi connectivity index (χ0v) is 14.6. The third-order valence-corrected chi connectivity index (χ3v) is 3.99. The lowest BCUT2D eigenvalue weighted by atomic mass is 9.89. The van der Waals surface area contributed by atoms with Gasteiger partial charge in [-0.1, -0.05) is 13.0 Å². The minimum atomic E-state index is 0. The summed E-state index contributed by atoms with van der Waals surface area (Å²) in [6.07, 6.45) is 1.04. The molecule has 108 valence electrons. The Morgan fingerprint density at radius 1 is 1.47 bits per heavy atom. The fourth-order valence-corrected chi connectivity index (χ4v) is 2.54. The quantitative estimate of drug-likeness (QED) is 0.456. The van der Waals surface area contributed by atoms with Crippen molar-refractivity contribution in [3.8, 4) is 0 Å². The van der Waals surface area contributed by atoms with Crippen molar-refractivity contribution in [2.45, 2.75) is 13.3 Å². The van der Waals surface area contributed by atoms with Gasteiger partial charge in [-0.05, 0) is 17.9 Å². The molecule has 2 heterocycles. The molecule has 0 amide bonds. The van der Waals surface area contributed by atoms with Crippen molar-refractivity contribution in [2.24, 2.45) is 10.4 Å². The van der Waals surface area contributed by atoms with Crippen molar-refractivity contribution < 1.29 is 4.74 Å². The van der Waals surface area contributed by atoms with Gasteiger partial charge in [0.25, 0.3) is 0 Å². The second-order valence-electron chi connectivity index (χ2n) is 4.99. The summed E-state index contributed by atoms with van der Waals surface area (Å²) >= 11 is 1.80. The molecule has 0 unspecified atom stereocenters. The number of hydrogen-bond acceptors (Lipinski definition) is 3. The summed E-state index contributed by atoms with van der Waals surface area (Å²) in [4.78, 5) is 5.63. The van der Waals surface area contributed by atoms with Crippen LogP contribution in [0.5, 0.6) is 0 Å². The highest BCUT2D eigenvalue weighted by Crippen LogP contribution is 2.24. The number of ether oxygens (including phenoxy) is 1. The first-order valence-corrected chi connectivity index (χ1v) is 7.14. The first-order chi connectivity index (χ1) is 8.72. The number of thiophene rings is 1. The van der Waals surface area contributed by atoms with Crippen molar-refractivity contribution in [1.82, 2.24) is 10.6 Å². The van der Waals surface area contributed by atoms with Crippen LogP contribution in [0.15, 0.2) is 22.5 Å². The van der Waals surface area contributed by atoms with Crippen LogP contribution in [0.25, 0.3) is 0 Å². The van der Waals surface area contributed by atoms with Crippen LogP contribution in [0.4, 0.5) is 0 Å². The van der Waals surface area contributed by atoms with E-state index in [0.717, 1.165) is 38.7 Å². The maximum atomic E-state index is 5.24. The molecule has 1 fully saturated rings. The monoisotopic (exact) mass is 395 g/mol. The smallest absolute Gasteiger partial charge is 0.191 e. The molecular formula is C13H22IN3OS. The van der Waals surface area contributed by atoms with Crippen molar-refractivity contribution in [3.05, 3.63) is 22.4 Å². The van der Waals surface area contributed by atoms with E-state index >= 15 is 0 Å². The molecule has 1 aromatic heterocycles. The van der Waals surface area contributed by atoms with Crippen molar-refractivity contribution >= 4 is 41.3 Å². The van der Waals surface area contributed by atoms with Gasteiger partial charge in [0.15, 0.2) is 5.96 Å². The van der Waals surface area contributed by atoms with E-state index in [1.807, 2.05) is 0 Å². The number of aliphatic imine (C=N–C) groups is 1. The third kappa shape index (κ3) is 5.27. The largest absolute Gasteiger partial charge is 0.380 e. The topological polar surface area (TPSA) is 45.7 Å². The molecule has 0 spiro atoms. The summed E-state index contributed by atoms with van der Waals surface area (Å²) in [6, 6.07) is 4.25. The second kappa shape index (κ2) is 8.06. The van der Waals surface area contributed by atoms with Gasteiger partial charge in [-0.2, -0.15) is 0 Å². The van der Waals surface area contributed by atoms with Gasteiger partial charge in [-0.15, -0.1) is 35.3 Å². The third-order valence-electron chi connectivity index (χ3n) is 3.05. The fraction of sp³-hybridized carbons (Fsp3) is 0.615. The molecule has 4 nitrogen and oxygen atoms in total. The highest BCUT2D eigenvalue weighted by molar-refractivity contribution is 14.0. The molecule has 0 aromatic carbocycles. The van der Waals surface area contributed by atoms with E-state index in [0.29, 0.717) is 0 Å². The van der Waals surface area contributed by atoms with Crippen LogP contribution in [-0.4, -0.2) is 39.3 Å². The standard InChI is InChI=1S/C13H21N3OS.HI/c1-13(9-17-10-13)8-16-12(14-2)15-6-5-11-4-3-7-18-11;/h3-4,7H,5-6,8-10H2,1-2H3,(H2,14,15,16);1H. The Hall–Kier alpha value is -0.340. The fourth-order valence-electron chi connectivity index (χ4n) is 1.83. The highest BCUT2D eigenvalue weighted by atomic mass is 127. The minimum absolute atomic E-state index is 0. The Morgan fingerprint density at radius 3 is 2.79 bits per heavy atom. The van der Waals surface area contributed by atoms with Crippen LogP contribution >= 0.6 is 35.3 Å². The first-order valence-electron chi connectivity index (χ1n) is 6.26. The van der Waals surface area contributed by atoms with Crippen molar-refractivity contribution in [1.29, 1.82) is 0 Å². The molecule has 6 heteroatoms. The molecule has 0 atom stereocenters. The Balaban J connectivity index is 0.00000180. The highest BCUT2D eigenvalue weighted by Gasteiger charge is 2.33. The molecule has 1 aliphatic rings. The minimum Gasteiger partial charge on any atom is -0.380 e. The molecular weight excluding hydrogens is 373 g/mol. The SMILES string of the molecule is CN=C(NCCc1cccs1)NCC1(C)COC1.I. The normalized spacial score (nSPS) is 17.3. The van der Waals surface area contributed by atoms with Crippen LogP contribution in [-0.2, 0) is 11.2 Å². The average Bonchev–Trinajstić information content (AvgIpc) is 2.84. The average molecular weight is 395 g/mol. The molecule has 2 N–H and O–H groups in total. The van der Waals surface area contributed by atoms with Gasteiger partial charge in [0.05, 0.1) is 13.2 Å². The summed E-state index contributed by atoms with van der Waals surface area (Å²) in [5.41, 5.74) is 0.269. The van der Waals surface area contributed by atoms with Gasteiger partial charge in [0, 0.05) is 30.4 Å². The van der Waals surface area contributed by atoms with Gasteiger partial charge in [-0.3, -0.25) is 4.99 Å². The van der Waals surface area contributed by atoms with Gasteiger partial charge in [0.1, 0.15) is 0 Å². The van der Waals surface area contributed by atoms with E-state index in [4.69, 9.17) is 4.74 Å². The van der Waals surface area contributed by atoms with Gasteiger partial charge in [-0.25, -0.2) is 0 Å². The summed E-state index contributed by atoms with van der Waals surface area (Å²) in [7, 11) is 1.81. The lowest BCUT2D eigenvalue weighted by Crippen LogP contribution is -2.51. The predicted molar refractivity (Wildman–Crippen MR) is 91.7 cm³/mol. The van der Waals surface area contributed by atoms with Crippen molar-refractivity contribution in [2.75, 3.05) is 33.4 Å². The van der Waals surface area contributed by atoms with Crippen LogP contribution in [0, 0.1) is 5.41 Å². The Morgan fingerprint density at radius 2 is 2.26 bits per heavy atom. The molecule has 0 saturated carbocycles. The zero-order chi connectivity index (χ0) is 12.8. The van der Waals surface area contributed by atoms with E-state index in [9.17, 15) is 0 Å². The number of nitrogens with zero attached hydrogens (tertiary/aromatic N) is 1. The molecule has 0 radical (unpaired) electrons. The van der Waals surface area contributed by atoms with Gasteiger partial charge >= 0.3 is 0 Å². The number of rotatable bonds is 5. The van der Waals surface area contributed by atoms with Gasteiger partial charge in [0.2, 0.25) is 0 Å². The molecule has 0 bridgehead atoms. The molecule has 1 aromatic rings. The second-order valence-corrected chi connectivity index (χ2v) is 6.02. The summed E-state index contributed by atoms with van der Waals surface area (Å²) in [5, 5.41) is 8.80. The maximum Gasteiger partial charge on any atom is 0.191 e. The number of guanidine groups is 1. The number of nitrogens with one attached hydrogen (secondary N) is 2. The molecule has 1 saturated heterocycles. The van der Waals surface area contributed by atoms with Gasteiger partial charge < -0.3 is 15.4 Å². The van der Waals surface area contributed by atoms with E-state index in [2.05, 4.69) is 40.1 Å². The van der Waals surface area contributed by atoms with E-state index in [-0.39, 0.29) is 29.4 Å². The zero-order valence-electron chi connectivity index (χ0n) is 11.4. The summed E-state index contributed by atoms with van der Waals surface area (Å²) in [6.45, 7) is 5.72. The summed E-state index contributed by atoms with van der Waals surface area (Å²) in [5.74, 6) is 0.875. The van der Waals surface area contributed by atoms with Crippen LogP contribution in [0.1, 0.15) is 11.8 Å². The van der Waals surface area contributed by atoms with E-state index in [1.54, 1.807) is 18.4 Å². The molecule has 0 aliphatic carbocycles. The predicted octanol–water partition coefficient (Wildman–Crippen LogP) is 2.11. The number of halogens is 1. The Bertz CT molecular complexity index is 391. The molecule has 19 heavy (non-hydrogen) atoms. The van der Waals surface area contributed by atoms with Crippen LogP contribution in [0.3, 0.4) is 0 Å². The van der Waals surface area contributed by atoms with Crippen LogP contribution < -0.4 is 10.6 Å². The lowest BCUT2D eigenvalue weighted by Gasteiger charge is -2.38. The Labute approximate surface area is 136 Å². The molecule has 1 aliphatic heterocycles. The first kappa shape index (κ1) is 16.7. The maximum absolute atomic E-state index is 5.24. The van der Waals surface area contributed by atoms with Crippen molar-refractivity contribution in [3.63, 3.8) is 0 Å². The number of hydrogen-bond donors (Lipinski definition) is 2. The summed E-state index contributed by atoms with van der Waals surface area (Å²) < 4.78 is 5.24. The Kier molecular flexibility index (Phi) is 7.09. The molecule has 2 rings (SSSR count). The van der Waals surface area contributed by atoms with E-state index < -0.39 is 0 Å². The van der Waals surface area contributed by atoms with Crippen LogP contribution in [0.2, 0.25) is 0 Å². The van der Waals surface area contributed by atoms with E-state index in [1.165, 1.54) is 4.88 Å².